The molecule has 2 aromatic rings. The molecule has 0 aliphatic rings. The van der Waals surface area contributed by atoms with Gasteiger partial charge in [-0.15, -0.1) is 0 Å². The molecule has 1 heterocycles. The molecule has 0 aliphatic carbocycles. The second-order valence-electron chi connectivity index (χ2n) is 3.35. The second-order valence-corrected chi connectivity index (χ2v) is 3.76. The quantitative estimate of drug-likeness (QED) is 0.686. The summed E-state index contributed by atoms with van der Waals surface area (Å²) in [6.07, 6.45) is 0.852. The van der Waals surface area contributed by atoms with Crippen LogP contribution in [-0.2, 0) is 0 Å². The summed E-state index contributed by atoms with van der Waals surface area (Å²) in [4.78, 5) is 16.9. The topological polar surface area (TPSA) is 104 Å². The lowest BCUT2D eigenvalue weighted by atomic mass is 10.3. The standard InChI is InChI=1S/C10H6ClFN4O3/c11-6-3-5(1-2-8(6)16(17)18)19-9-7(12)4-14-10(13)15-9/h1-4H,(H2,13,14,15). The molecule has 1 aromatic heterocycles. The smallest absolute Gasteiger partial charge is 0.288 e. The average Bonchev–Trinajstić information content (AvgIpc) is 2.33. The van der Waals surface area contributed by atoms with Crippen molar-refractivity contribution in [3.63, 3.8) is 0 Å². The van der Waals surface area contributed by atoms with Gasteiger partial charge < -0.3 is 10.5 Å². The second kappa shape index (κ2) is 5.02. The summed E-state index contributed by atoms with van der Waals surface area (Å²) in [5.41, 5.74) is 5.01. The van der Waals surface area contributed by atoms with Gasteiger partial charge in [0, 0.05) is 12.1 Å². The Labute approximate surface area is 111 Å². The Kier molecular flexibility index (Phi) is 3.43. The third kappa shape index (κ3) is 2.86. The molecule has 98 valence electrons. The SMILES string of the molecule is Nc1ncc(F)c(Oc2ccc([N+](=O)[O-])c(Cl)c2)n1. The van der Waals surface area contributed by atoms with Gasteiger partial charge in [0.15, 0.2) is 0 Å². The molecule has 0 fully saturated rings. The van der Waals surface area contributed by atoms with Gasteiger partial charge >= 0.3 is 0 Å². The van der Waals surface area contributed by atoms with Gasteiger partial charge in [0.25, 0.3) is 11.6 Å². The summed E-state index contributed by atoms with van der Waals surface area (Å²) in [7, 11) is 0. The normalized spacial score (nSPS) is 10.2. The Hall–Kier alpha value is -2.48. The van der Waals surface area contributed by atoms with Crippen molar-refractivity contribution in [2.75, 3.05) is 5.73 Å². The lowest BCUT2D eigenvalue weighted by Crippen LogP contribution is -1.99. The van der Waals surface area contributed by atoms with E-state index in [0.29, 0.717) is 0 Å². The van der Waals surface area contributed by atoms with Crippen molar-refractivity contribution in [3.05, 3.63) is 45.4 Å². The zero-order valence-corrected chi connectivity index (χ0v) is 9.96. The summed E-state index contributed by atoms with van der Waals surface area (Å²) < 4.78 is 18.4. The number of nitrogens with zero attached hydrogens (tertiary/aromatic N) is 3. The van der Waals surface area contributed by atoms with Crippen LogP contribution < -0.4 is 10.5 Å². The van der Waals surface area contributed by atoms with Gasteiger partial charge in [-0.1, -0.05) is 11.6 Å². The van der Waals surface area contributed by atoms with E-state index in [-0.39, 0.29) is 22.4 Å². The highest BCUT2D eigenvalue weighted by molar-refractivity contribution is 6.32. The number of rotatable bonds is 3. The van der Waals surface area contributed by atoms with E-state index in [1.165, 1.54) is 12.1 Å². The number of halogens is 2. The van der Waals surface area contributed by atoms with Crippen molar-refractivity contribution in [3.8, 4) is 11.6 Å². The first-order chi connectivity index (χ1) is 8.97. The van der Waals surface area contributed by atoms with Gasteiger partial charge in [0.2, 0.25) is 11.8 Å². The third-order valence-electron chi connectivity index (χ3n) is 2.06. The number of ether oxygens (including phenoxy) is 1. The molecule has 2 N–H and O–H groups in total. The number of hydrogen-bond acceptors (Lipinski definition) is 6. The first kappa shape index (κ1) is 13.0. The van der Waals surface area contributed by atoms with E-state index in [9.17, 15) is 14.5 Å². The molecule has 7 nitrogen and oxygen atoms in total. The molecule has 0 amide bonds. The highest BCUT2D eigenvalue weighted by Gasteiger charge is 2.14. The number of nitro groups is 1. The first-order valence-corrected chi connectivity index (χ1v) is 5.25. The van der Waals surface area contributed by atoms with Crippen molar-refractivity contribution >= 4 is 23.2 Å². The van der Waals surface area contributed by atoms with Crippen LogP contribution >= 0.6 is 11.6 Å². The van der Waals surface area contributed by atoms with Crippen LogP contribution in [0, 0.1) is 15.9 Å². The molecule has 0 aliphatic heterocycles. The van der Waals surface area contributed by atoms with Crippen LogP contribution in [0.2, 0.25) is 5.02 Å². The maximum absolute atomic E-state index is 13.3. The summed E-state index contributed by atoms with van der Waals surface area (Å²) in [6, 6.07) is 3.58. The van der Waals surface area contributed by atoms with Crippen molar-refractivity contribution < 1.29 is 14.1 Å². The molecule has 0 bridgehead atoms. The van der Waals surface area contributed by atoms with Crippen molar-refractivity contribution in [1.82, 2.24) is 9.97 Å². The molecule has 1 aromatic carbocycles. The van der Waals surface area contributed by atoms with Crippen LogP contribution in [0.5, 0.6) is 11.6 Å². The largest absolute Gasteiger partial charge is 0.436 e. The molecular formula is C10H6ClFN4O3. The fourth-order valence-electron chi connectivity index (χ4n) is 1.25. The highest BCUT2D eigenvalue weighted by atomic mass is 35.5. The number of aromatic nitrogens is 2. The van der Waals surface area contributed by atoms with E-state index in [4.69, 9.17) is 22.1 Å². The fourth-order valence-corrected chi connectivity index (χ4v) is 1.49. The van der Waals surface area contributed by atoms with E-state index in [2.05, 4.69) is 9.97 Å². The number of hydrogen-bond donors (Lipinski definition) is 1. The predicted molar refractivity (Wildman–Crippen MR) is 64.6 cm³/mol. The summed E-state index contributed by atoms with van der Waals surface area (Å²) in [6.45, 7) is 0. The van der Waals surface area contributed by atoms with Crippen molar-refractivity contribution in [2.45, 2.75) is 0 Å². The minimum absolute atomic E-state index is 0.0904. The predicted octanol–water partition coefficient (Wildman–Crippen LogP) is 2.55. The molecule has 0 radical (unpaired) electrons. The number of nitrogen functional groups attached to an aromatic ring is 1. The van der Waals surface area contributed by atoms with Gasteiger partial charge in [-0.3, -0.25) is 10.1 Å². The van der Waals surface area contributed by atoms with Crippen molar-refractivity contribution in [2.24, 2.45) is 0 Å². The number of anilines is 1. The van der Waals surface area contributed by atoms with Gasteiger partial charge in [-0.05, 0) is 6.07 Å². The molecule has 19 heavy (non-hydrogen) atoms. The van der Waals surface area contributed by atoms with E-state index in [0.717, 1.165) is 12.3 Å². The van der Waals surface area contributed by atoms with Gasteiger partial charge in [0.05, 0.1) is 11.1 Å². The van der Waals surface area contributed by atoms with Crippen LogP contribution in [0.1, 0.15) is 0 Å². The Morgan fingerprint density at radius 1 is 1.47 bits per heavy atom. The van der Waals surface area contributed by atoms with E-state index < -0.39 is 16.6 Å². The molecule has 0 atom stereocenters. The Morgan fingerprint density at radius 2 is 2.21 bits per heavy atom. The van der Waals surface area contributed by atoms with E-state index in [1.807, 2.05) is 0 Å². The van der Waals surface area contributed by atoms with Crippen LogP contribution in [-0.4, -0.2) is 14.9 Å². The van der Waals surface area contributed by atoms with Crippen LogP contribution in [0.4, 0.5) is 16.0 Å². The number of nitro benzene ring substituents is 1. The van der Waals surface area contributed by atoms with Gasteiger partial charge in [0.1, 0.15) is 10.8 Å². The average molecular weight is 285 g/mol. The van der Waals surface area contributed by atoms with Gasteiger partial charge in [-0.2, -0.15) is 9.37 Å². The van der Waals surface area contributed by atoms with Crippen molar-refractivity contribution in [1.29, 1.82) is 0 Å². The third-order valence-corrected chi connectivity index (χ3v) is 2.36. The lowest BCUT2D eigenvalue weighted by molar-refractivity contribution is -0.384. The first-order valence-electron chi connectivity index (χ1n) is 4.87. The van der Waals surface area contributed by atoms with Crippen LogP contribution in [0.25, 0.3) is 0 Å². The minimum atomic E-state index is -0.816. The Bertz CT molecular complexity index is 653. The molecule has 9 heteroatoms. The summed E-state index contributed by atoms with van der Waals surface area (Å²) in [5.74, 6) is -1.28. The van der Waals surface area contributed by atoms with Gasteiger partial charge in [-0.25, -0.2) is 4.98 Å². The molecule has 0 unspecified atom stereocenters. The Balaban J connectivity index is 2.31. The summed E-state index contributed by atoms with van der Waals surface area (Å²) >= 11 is 5.69. The molecule has 0 saturated heterocycles. The number of benzene rings is 1. The lowest BCUT2D eigenvalue weighted by Gasteiger charge is -2.06. The summed E-state index contributed by atoms with van der Waals surface area (Å²) in [5, 5.41) is 10.4. The minimum Gasteiger partial charge on any atom is -0.436 e. The van der Waals surface area contributed by atoms with Crippen LogP contribution in [0.15, 0.2) is 24.4 Å². The maximum Gasteiger partial charge on any atom is 0.288 e. The highest BCUT2D eigenvalue weighted by Crippen LogP contribution is 2.31. The molecule has 2 rings (SSSR count). The van der Waals surface area contributed by atoms with Crippen LogP contribution in [0.3, 0.4) is 0 Å². The Morgan fingerprint density at radius 3 is 2.84 bits per heavy atom. The number of nitrogens with two attached hydrogens (primary N) is 1. The van der Waals surface area contributed by atoms with E-state index >= 15 is 0 Å². The zero-order valence-electron chi connectivity index (χ0n) is 9.21. The monoisotopic (exact) mass is 284 g/mol. The fraction of sp³-hybridized carbons (Fsp3) is 0. The molecule has 0 spiro atoms. The molecule has 0 saturated carbocycles. The molecular weight excluding hydrogens is 279 g/mol. The zero-order chi connectivity index (χ0) is 14.0. The van der Waals surface area contributed by atoms with E-state index in [1.54, 1.807) is 0 Å². The maximum atomic E-state index is 13.3.